The average Bonchev–Trinajstić information content (AvgIpc) is 2.87. The lowest BCUT2D eigenvalue weighted by Gasteiger charge is -2.23. The van der Waals surface area contributed by atoms with E-state index in [9.17, 15) is 4.79 Å². The first-order chi connectivity index (χ1) is 9.06. The Hall–Kier alpha value is -0.770. The number of halogens is 2. The summed E-state index contributed by atoms with van der Waals surface area (Å²) < 4.78 is 0. The van der Waals surface area contributed by atoms with E-state index in [-0.39, 0.29) is 5.91 Å². The van der Waals surface area contributed by atoms with Crippen LogP contribution in [0.5, 0.6) is 0 Å². The van der Waals surface area contributed by atoms with Gasteiger partial charge >= 0.3 is 0 Å². The molecular weight excluding hydrogens is 283 g/mol. The molecule has 1 aliphatic carbocycles. The summed E-state index contributed by atoms with van der Waals surface area (Å²) in [4.78, 5) is 14.1. The number of likely N-dealkylation sites (N-methyl/N-ethyl adjacent to an activating group) is 1. The number of carbonyl (C=O) groups excluding carboxylic acids is 1. The number of amides is 1. The van der Waals surface area contributed by atoms with Gasteiger partial charge in [0.1, 0.15) is 0 Å². The Bertz CT molecular complexity index is 459. The predicted octanol–water partition coefficient (Wildman–Crippen LogP) is 3.81. The fourth-order valence-electron chi connectivity index (χ4n) is 2.48. The van der Waals surface area contributed by atoms with Crippen LogP contribution in [0.25, 0.3) is 0 Å². The van der Waals surface area contributed by atoms with Crippen LogP contribution in [0, 0.1) is 0 Å². The number of benzene rings is 1. The Labute approximate surface area is 123 Å². The monoisotopic (exact) mass is 300 g/mol. The van der Waals surface area contributed by atoms with Crippen molar-refractivity contribution in [1.82, 2.24) is 4.90 Å². The van der Waals surface area contributed by atoms with E-state index in [0.717, 1.165) is 0 Å². The number of nitrogens with one attached hydrogen (secondary N) is 1. The summed E-state index contributed by atoms with van der Waals surface area (Å²) >= 11 is 11.9. The largest absolute Gasteiger partial charge is 0.324 e. The number of nitrogens with zero attached hydrogens (tertiary/aromatic N) is 1. The molecule has 1 fully saturated rings. The molecule has 0 heterocycles. The molecule has 0 bridgehead atoms. The first-order valence-corrected chi connectivity index (χ1v) is 7.27. The van der Waals surface area contributed by atoms with Gasteiger partial charge in [0.05, 0.1) is 17.3 Å². The van der Waals surface area contributed by atoms with Crippen molar-refractivity contribution in [2.45, 2.75) is 31.7 Å². The molecule has 0 atom stereocenters. The number of hydrogen-bond acceptors (Lipinski definition) is 2. The van der Waals surface area contributed by atoms with Crippen molar-refractivity contribution in [2.75, 3.05) is 18.9 Å². The molecule has 5 heteroatoms. The van der Waals surface area contributed by atoms with Crippen LogP contribution in [0.1, 0.15) is 25.7 Å². The summed E-state index contributed by atoms with van der Waals surface area (Å²) in [6, 6.07) is 5.57. The number of carbonyl (C=O) groups is 1. The Morgan fingerprint density at radius 1 is 1.37 bits per heavy atom. The molecule has 0 radical (unpaired) electrons. The van der Waals surface area contributed by atoms with Crippen molar-refractivity contribution in [3.05, 3.63) is 28.2 Å². The lowest BCUT2D eigenvalue weighted by Crippen LogP contribution is -2.36. The van der Waals surface area contributed by atoms with Crippen LogP contribution in [0.4, 0.5) is 5.69 Å². The summed E-state index contributed by atoms with van der Waals surface area (Å²) in [7, 11) is 2.00. The third-order valence-corrected chi connectivity index (χ3v) is 4.11. The first kappa shape index (κ1) is 14.6. The lowest BCUT2D eigenvalue weighted by molar-refractivity contribution is -0.117. The van der Waals surface area contributed by atoms with Crippen molar-refractivity contribution in [1.29, 1.82) is 0 Å². The Morgan fingerprint density at radius 2 is 2.05 bits per heavy atom. The zero-order valence-electron chi connectivity index (χ0n) is 11.0. The van der Waals surface area contributed by atoms with Gasteiger partial charge in [0.25, 0.3) is 0 Å². The lowest BCUT2D eigenvalue weighted by atomic mass is 10.2. The van der Waals surface area contributed by atoms with Crippen molar-refractivity contribution >= 4 is 34.8 Å². The summed E-state index contributed by atoms with van der Waals surface area (Å²) in [6.45, 7) is 0.382. The van der Waals surface area contributed by atoms with Gasteiger partial charge in [0.15, 0.2) is 0 Å². The van der Waals surface area contributed by atoms with E-state index in [1.807, 2.05) is 7.05 Å². The normalized spacial score (nSPS) is 16.0. The van der Waals surface area contributed by atoms with E-state index in [0.29, 0.717) is 28.3 Å². The van der Waals surface area contributed by atoms with E-state index < -0.39 is 0 Å². The first-order valence-electron chi connectivity index (χ1n) is 6.51. The molecule has 19 heavy (non-hydrogen) atoms. The third-order valence-electron chi connectivity index (χ3n) is 3.54. The van der Waals surface area contributed by atoms with Crippen LogP contribution in [-0.4, -0.2) is 30.4 Å². The maximum absolute atomic E-state index is 12.0. The Balaban J connectivity index is 1.91. The van der Waals surface area contributed by atoms with E-state index in [1.165, 1.54) is 25.7 Å². The van der Waals surface area contributed by atoms with Crippen LogP contribution in [0.2, 0.25) is 10.0 Å². The highest BCUT2D eigenvalue weighted by Crippen LogP contribution is 2.26. The molecule has 1 aromatic rings. The SMILES string of the molecule is CN(CC(=O)Nc1cc(Cl)ccc1Cl)C1CCCC1. The summed E-state index contributed by atoms with van der Waals surface area (Å²) in [6.07, 6.45) is 4.89. The molecule has 2 rings (SSSR count). The van der Waals surface area contributed by atoms with Crippen molar-refractivity contribution in [3.63, 3.8) is 0 Å². The zero-order valence-corrected chi connectivity index (χ0v) is 12.5. The summed E-state index contributed by atoms with van der Waals surface area (Å²) in [5.41, 5.74) is 0.569. The van der Waals surface area contributed by atoms with Gasteiger partial charge in [-0.25, -0.2) is 0 Å². The summed E-state index contributed by atoms with van der Waals surface area (Å²) in [5.74, 6) is -0.0569. The van der Waals surface area contributed by atoms with Crippen LogP contribution >= 0.6 is 23.2 Å². The van der Waals surface area contributed by atoms with E-state index in [1.54, 1.807) is 18.2 Å². The minimum Gasteiger partial charge on any atom is -0.324 e. The van der Waals surface area contributed by atoms with Crippen molar-refractivity contribution < 1.29 is 4.79 Å². The molecule has 0 spiro atoms. The minimum absolute atomic E-state index is 0.0569. The molecule has 1 aliphatic rings. The Morgan fingerprint density at radius 3 is 2.74 bits per heavy atom. The topological polar surface area (TPSA) is 32.3 Å². The molecule has 0 saturated heterocycles. The molecule has 0 aromatic heterocycles. The van der Waals surface area contributed by atoms with Gasteiger partial charge in [-0.2, -0.15) is 0 Å². The Kier molecular flexibility index (Phi) is 5.08. The van der Waals surface area contributed by atoms with Gasteiger partial charge in [0.2, 0.25) is 5.91 Å². The van der Waals surface area contributed by atoms with Crippen LogP contribution in [-0.2, 0) is 4.79 Å². The number of hydrogen-bond donors (Lipinski definition) is 1. The fraction of sp³-hybridized carbons (Fsp3) is 0.500. The molecule has 1 saturated carbocycles. The predicted molar refractivity (Wildman–Crippen MR) is 80.0 cm³/mol. The quantitative estimate of drug-likeness (QED) is 0.917. The second-order valence-electron chi connectivity index (χ2n) is 5.03. The van der Waals surface area contributed by atoms with E-state index >= 15 is 0 Å². The van der Waals surface area contributed by atoms with Crippen molar-refractivity contribution in [2.24, 2.45) is 0 Å². The highest BCUT2D eigenvalue weighted by atomic mass is 35.5. The number of rotatable bonds is 4. The third kappa shape index (κ3) is 4.10. The van der Waals surface area contributed by atoms with Crippen LogP contribution < -0.4 is 5.32 Å². The number of anilines is 1. The minimum atomic E-state index is -0.0569. The highest BCUT2D eigenvalue weighted by Gasteiger charge is 2.21. The van der Waals surface area contributed by atoms with Crippen LogP contribution in [0.15, 0.2) is 18.2 Å². The maximum Gasteiger partial charge on any atom is 0.238 e. The second kappa shape index (κ2) is 6.60. The van der Waals surface area contributed by atoms with E-state index in [2.05, 4.69) is 10.2 Å². The molecule has 104 valence electrons. The van der Waals surface area contributed by atoms with Gasteiger partial charge in [-0.15, -0.1) is 0 Å². The average molecular weight is 301 g/mol. The molecular formula is C14H18Cl2N2O. The standard InChI is InChI=1S/C14H18Cl2N2O/c1-18(11-4-2-3-5-11)9-14(19)17-13-8-10(15)6-7-12(13)16/h6-8,11H,2-5,9H2,1H3,(H,17,19). The molecule has 3 nitrogen and oxygen atoms in total. The molecule has 1 N–H and O–H groups in total. The zero-order chi connectivity index (χ0) is 13.8. The van der Waals surface area contributed by atoms with Gasteiger partial charge in [-0.1, -0.05) is 36.0 Å². The fourth-order valence-corrected chi connectivity index (χ4v) is 2.82. The van der Waals surface area contributed by atoms with Crippen molar-refractivity contribution in [3.8, 4) is 0 Å². The maximum atomic E-state index is 12.0. The van der Waals surface area contributed by atoms with Gasteiger partial charge in [-0.05, 0) is 38.1 Å². The molecule has 1 aromatic carbocycles. The summed E-state index contributed by atoms with van der Waals surface area (Å²) in [5, 5.41) is 3.87. The molecule has 0 aliphatic heterocycles. The molecule has 0 unspecified atom stereocenters. The van der Waals surface area contributed by atoms with E-state index in [4.69, 9.17) is 23.2 Å². The second-order valence-corrected chi connectivity index (χ2v) is 5.87. The van der Waals surface area contributed by atoms with Gasteiger partial charge in [0, 0.05) is 11.1 Å². The van der Waals surface area contributed by atoms with Gasteiger partial charge < -0.3 is 5.32 Å². The molecule has 1 amide bonds. The smallest absolute Gasteiger partial charge is 0.238 e. The van der Waals surface area contributed by atoms with Crippen LogP contribution in [0.3, 0.4) is 0 Å². The highest BCUT2D eigenvalue weighted by molar-refractivity contribution is 6.35. The van der Waals surface area contributed by atoms with Gasteiger partial charge in [-0.3, -0.25) is 9.69 Å².